The Labute approximate surface area is 62.5 Å². The van der Waals surface area contributed by atoms with Crippen molar-refractivity contribution < 1.29 is 0 Å². The Balaban J connectivity index is 2.15. The third-order valence-corrected chi connectivity index (χ3v) is 2.89. The molecule has 1 heteroatoms. The van der Waals surface area contributed by atoms with E-state index in [1.54, 1.807) is 0 Å². The highest BCUT2D eigenvalue weighted by molar-refractivity contribution is 5.83. The molecule has 0 aromatic heterocycles. The van der Waals surface area contributed by atoms with Crippen molar-refractivity contribution in [3.8, 4) is 0 Å². The predicted molar refractivity (Wildman–Crippen MR) is 43.5 cm³/mol. The van der Waals surface area contributed by atoms with E-state index in [1.807, 2.05) is 0 Å². The van der Waals surface area contributed by atoms with Gasteiger partial charge in [0.2, 0.25) is 0 Å². The van der Waals surface area contributed by atoms with Crippen molar-refractivity contribution in [3.63, 3.8) is 0 Å². The van der Waals surface area contributed by atoms with Gasteiger partial charge in [-0.2, -0.15) is 0 Å². The third kappa shape index (κ3) is 0.882. The number of nitrogens with zero attached hydrogens (tertiary/aromatic N) is 1. The summed E-state index contributed by atoms with van der Waals surface area (Å²) in [5.74, 6) is 0. The monoisotopic (exact) mass is 137 g/mol. The fraction of sp³-hybridized carbons (Fsp3) is 0.889. The molecule has 0 atom stereocenters. The summed E-state index contributed by atoms with van der Waals surface area (Å²) in [5.41, 5.74) is 1.86. The highest BCUT2D eigenvalue weighted by Gasteiger charge is 2.37. The highest BCUT2D eigenvalue weighted by atomic mass is 14.9. The first-order valence-electron chi connectivity index (χ1n) is 4.36. The molecule has 1 nitrogen and oxygen atoms in total. The van der Waals surface area contributed by atoms with E-state index in [-0.39, 0.29) is 0 Å². The maximum atomic E-state index is 4.74. The second kappa shape index (κ2) is 2.08. The quantitative estimate of drug-likeness (QED) is 0.486. The highest BCUT2D eigenvalue weighted by Crippen LogP contribution is 2.42. The summed E-state index contributed by atoms with van der Waals surface area (Å²) in [6.07, 6.45) is 8.15. The fourth-order valence-corrected chi connectivity index (χ4v) is 2.14. The van der Waals surface area contributed by atoms with E-state index in [4.69, 9.17) is 4.99 Å². The Hall–Kier alpha value is -0.330. The van der Waals surface area contributed by atoms with Crippen molar-refractivity contribution in [1.82, 2.24) is 0 Å². The van der Waals surface area contributed by atoms with Gasteiger partial charge in [0.1, 0.15) is 0 Å². The Morgan fingerprint density at radius 2 is 1.90 bits per heavy atom. The summed E-state index contributed by atoms with van der Waals surface area (Å²) in [5, 5.41) is 0. The average Bonchev–Trinajstić information content (AvgIpc) is 1.85. The first-order chi connectivity index (χ1) is 4.81. The Morgan fingerprint density at radius 3 is 2.30 bits per heavy atom. The van der Waals surface area contributed by atoms with E-state index in [9.17, 15) is 0 Å². The van der Waals surface area contributed by atoms with Crippen LogP contribution in [0.1, 0.15) is 45.4 Å². The van der Waals surface area contributed by atoms with E-state index in [0.717, 1.165) is 0 Å². The molecule has 0 unspecified atom stereocenters. The maximum Gasteiger partial charge on any atom is 0.0607 e. The van der Waals surface area contributed by atoms with Gasteiger partial charge in [-0.25, -0.2) is 0 Å². The average molecular weight is 137 g/mol. The zero-order chi connectivity index (χ0) is 7.03. The minimum absolute atomic E-state index is 0.461. The van der Waals surface area contributed by atoms with Gasteiger partial charge in [-0.3, -0.25) is 4.99 Å². The third-order valence-electron chi connectivity index (χ3n) is 2.89. The largest absolute Gasteiger partial charge is 0.288 e. The van der Waals surface area contributed by atoms with Crippen LogP contribution in [0, 0.1) is 0 Å². The number of aliphatic imine (C=N–C) groups is 1. The zero-order valence-corrected chi connectivity index (χ0v) is 6.69. The number of hydrogen-bond donors (Lipinski definition) is 0. The molecule has 0 aromatic carbocycles. The molecule has 1 aliphatic carbocycles. The molecule has 1 fully saturated rings. The summed E-state index contributed by atoms with van der Waals surface area (Å²) in [4.78, 5) is 4.74. The van der Waals surface area contributed by atoms with Crippen LogP contribution in [-0.4, -0.2) is 11.3 Å². The molecule has 1 aliphatic heterocycles. The van der Waals surface area contributed by atoms with Crippen molar-refractivity contribution in [2.45, 2.75) is 51.0 Å². The van der Waals surface area contributed by atoms with Crippen LogP contribution in [0.2, 0.25) is 0 Å². The van der Waals surface area contributed by atoms with Crippen LogP contribution in [0.25, 0.3) is 0 Å². The lowest BCUT2D eigenvalue weighted by molar-refractivity contribution is 0.223. The summed E-state index contributed by atoms with van der Waals surface area (Å²) < 4.78 is 0. The van der Waals surface area contributed by atoms with Crippen molar-refractivity contribution >= 4 is 5.71 Å². The molecule has 1 heterocycles. The first-order valence-corrected chi connectivity index (χ1v) is 4.36. The lowest BCUT2D eigenvalue weighted by Crippen LogP contribution is -2.37. The molecule has 0 N–H and O–H groups in total. The molecule has 0 radical (unpaired) electrons. The van der Waals surface area contributed by atoms with E-state index < -0.39 is 0 Å². The van der Waals surface area contributed by atoms with Crippen molar-refractivity contribution in [3.05, 3.63) is 0 Å². The van der Waals surface area contributed by atoms with Gasteiger partial charge in [-0.15, -0.1) is 0 Å². The van der Waals surface area contributed by atoms with E-state index in [1.165, 1.54) is 44.2 Å². The van der Waals surface area contributed by atoms with Gasteiger partial charge in [0.15, 0.2) is 0 Å². The lowest BCUT2D eigenvalue weighted by Gasteiger charge is -2.41. The molecule has 56 valence electrons. The number of rotatable bonds is 0. The molecule has 0 saturated heterocycles. The molecule has 0 bridgehead atoms. The Kier molecular flexibility index (Phi) is 1.33. The zero-order valence-electron chi connectivity index (χ0n) is 6.69. The standard InChI is InChI=1S/C9H15N/c1-8-4-2-5-9(10-8)6-3-7-9/h2-7H2,1H3. The molecule has 2 aliphatic rings. The topological polar surface area (TPSA) is 12.4 Å². The second-order valence-electron chi connectivity index (χ2n) is 3.78. The summed E-state index contributed by atoms with van der Waals surface area (Å²) in [6.45, 7) is 2.18. The number of hydrogen-bond acceptors (Lipinski definition) is 1. The van der Waals surface area contributed by atoms with Crippen molar-refractivity contribution in [2.75, 3.05) is 0 Å². The van der Waals surface area contributed by atoms with Crippen LogP contribution in [0.15, 0.2) is 4.99 Å². The van der Waals surface area contributed by atoms with E-state index in [2.05, 4.69) is 6.92 Å². The minimum Gasteiger partial charge on any atom is -0.288 e. The van der Waals surface area contributed by atoms with Crippen LogP contribution >= 0.6 is 0 Å². The summed E-state index contributed by atoms with van der Waals surface area (Å²) in [7, 11) is 0. The molecule has 10 heavy (non-hydrogen) atoms. The smallest absolute Gasteiger partial charge is 0.0607 e. The van der Waals surface area contributed by atoms with Crippen LogP contribution in [0.4, 0.5) is 0 Å². The fourth-order valence-electron chi connectivity index (χ4n) is 2.14. The minimum atomic E-state index is 0.461. The predicted octanol–water partition coefficient (Wildman–Crippen LogP) is 2.55. The molecule has 0 aromatic rings. The van der Waals surface area contributed by atoms with E-state index >= 15 is 0 Å². The van der Waals surface area contributed by atoms with Gasteiger partial charge in [-0.05, 0) is 45.4 Å². The molecular formula is C9H15N. The lowest BCUT2D eigenvalue weighted by atomic mass is 9.72. The summed E-state index contributed by atoms with van der Waals surface area (Å²) >= 11 is 0. The Morgan fingerprint density at radius 1 is 1.20 bits per heavy atom. The maximum absolute atomic E-state index is 4.74. The van der Waals surface area contributed by atoms with Gasteiger partial charge in [0.05, 0.1) is 5.54 Å². The van der Waals surface area contributed by atoms with Gasteiger partial charge in [-0.1, -0.05) is 0 Å². The van der Waals surface area contributed by atoms with Gasteiger partial charge < -0.3 is 0 Å². The molecule has 1 saturated carbocycles. The molecule has 1 spiro atoms. The second-order valence-corrected chi connectivity index (χ2v) is 3.78. The first kappa shape index (κ1) is 6.38. The van der Waals surface area contributed by atoms with E-state index in [0.29, 0.717) is 5.54 Å². The SMILES string of the molecule is CC1=NC2(CCC1)CCC2. The molecule has 2 rings (SSSR count). The van der Waals surface area contributed by atoms with Crippen LogP contribution < -0.4 is 0 Å². The molecule has 0 amide bonds. The van der Waals surface area contributed by atoms with Crippen LogP contribution in [-0.2, 0) is 0 Å². The van der Waals surface area contributed by atoms with Gasteiger partial charge in [0.25, 0.3) is 0 Å². The van der Waals surface area contributed by atoms with Crippen molar-refractivity contribution in [2.24, 2.45) is 4.99 Å². The summed E-state index contributed by atoms with van der Waals surface area (Å²) in [6, 6.07) is 0. The van der Waals surface area contributed by atoms with Crippen LogP contribution in [0.5, 0.6) is 0 Å². The van der Waals surface area contributed by atoms with Crippen LogP contribution in [0.3, 0.4) is 0 Å². The Bertz CT molecular complexity index is 166. The van der Waals surface area contributed by atoms with Crippen molar-refractivity contribution in [1.29, 1.82) is 0 Å². The molecular weight excluding hydrogens is 122 g/mol. The van der Waals surface area contributed by atoms with Gasteiger partial charge >= 0.3 is 0 Å². The normalized spacial score (nSPS) is 29.5. The van der Waals surface area contributed by atoms with Gasteiger partial charge in [0, 0.05) is 5.71 Å².